The Bertz CT molecular complexity index is 964. The molecule has 0 spiro atoms. The number of nitrogens with zero attached hydrogens (tertiary/aromatic N) is 1. The number of benzene rings is 1. The molecule has 0 radical (unpaired) electrons. The lowest BCUT2D eigenvalue weighted by Gasteiger charge is -2.45. The zero-order valence-electron chi connectivity index (χ0n) is 17.1. The van der Waals surface area contributed by atoms with Crippen LogP contribution < -0.4 is 4.31 Å². The molecule has 0 heterocycles. The lowest BCUT2D eigenvalue weighted by Crippen LogP contribution is -2.60. The van der Waals surface area contributed by atoms with Gasteiger partial charge in [0.1, 0.15) is 5.54 Å². The zero-order valence-corrected chi connectivity index (χ0v) is 18.0. The van der Waals surface area contributed by atoms with Crippen molar-refractivity contribution in [1.82, 2.24) is 0 Å². The number of Topliss-reactive ketones (excluding diaryl/α,β-unsaturated/α-hetero) is 1. The molecule has 1 aromatic rings. The number of fused-ring (bicyclic) bond motifs is 2. The van der Waals surface area contributed by atoms with Crippen molar-refractivity contribution in [3.05, 3.63) is 29.3 Å². The van der Waals surface area contributed by atoms with E-state index < -0.39 is 32.9 Å². The number of sulfonamides is 1. The topological polar surface area (TPSA) is 107 Å². The van der Waals surface area contributed by atoms with Crippen molar-refractivity contribution in [3.63, 3.8) is 0 Å². The van der Waals surface area contributed by atoms with Gasteiger partial charge in [0.15, 0.2) is 5.78 Å². The summed E-state index contributed by atoms with van der Waals surface area (Å²) in [6.07, 6.45) is 2.44. The summed E-state index contributed by atoms with van der Waals surface area (Å²) in [5.41, 5.74) is -1.81. The number of ether oxygens (including phenoxy) is 2. The van der Waals surface area contributed by atoms with E-state index in [0.717, 1.165) is 17.0 Å². The Hall–Kier alpha value is -2.42. The minimum absolute atomic E-state index is 0.00625. The van der Waals surface area contributed by atoms with Crippen LogP contribution in [-0.4, -0.2) is 52.2 Å². The number of rotatable bonds is 5. The van der Waals surface area contributed by atoms with Crippen molar-refractivity contribution in [2.24, 2.45) is 11.3 Å². The number of esters is 2. The van der Waals surface area contributed by atoms with E-state index in [9.17, 15) is 22.8 Å². The molecule has 29 heavy (non-hydrogen) atoms. The first kappa shape index (κ1) is 21.3. The highest BCUT2D eigenvalue weighted by atomic mass is 32.2. The monoisotopic (exact) mass is 423 g/mol. The molecule has 3 rings (SSSR count). The van der Waals surface area contributed by atoms with Crippen LogP contribution in [0.2, 0.25) is 0 Å². The summed E-state index contributed by atoms with van der Waals surface area (Å²) >= 11 is 0. The molecule has 0 amide bonds. The van der Waals surface area contributed by atoms with Gasteiger partial charge in [-0.2, -0.15) is 0 Å². The van der Waals surface area contributed by atoms with Crippen LogP contribution >= 0.6 is 0 Å². The van der Waals surface area contributed by atoms with Gasteiger partial charge in [-0.1, -0.05) is 13.8 Å². The molecule has 158 valence electrons. The average molecular weight is 423 g/mol. The molecule has 2 bridgehead atoms. The lowest BCUT2D eigenvalue weighted by molar-refractivity contribution is -0.123. The smallest absolute Gasteiger partial charge is 0.337 e. The van der Waals surface area contributed by atoms with Gasteiger partial charge in [0.05, 0.1) is 37.3 Å². The summed E-state index contributed by atoms with van der Waals surface area (Å²) in [6.45, 7) is 3.80. The number of anilines is 1. The lowest BCUT2D eigenvalue weighted by atomic mass is 9.75. The Labute approximate surface area is 170 Å². The normalized spacial score (nSPS) is 25.0. The van der Waals surface area contributed by atoms with E-state index in [-0.39, 0.29) is 28.5 Å². The average Bonchev–Trinajstić information content (AvgIpc) is 3.00. The maximum absolute atomic E-state index is 13.1. The first-order valence-corrected chi connectivity index (χ1v) is 11.1. The van der Waals surface area contributed by atoms with Gasteiger partial charge in [0.2, 0.25) is 10.0 Å². The van der Waals surface area contributed by atoms with Gasteiger partial charge < -0.3 is 9.47 Å². The molecule has 1 aromatic carbocycles. The number of carbonyl (C=O) groups is 3. The molecule has 2 aliphatic carbocycles. The van der Waals surface area contributed by atoms with Crippen LogP contribution in [0, 0.1) is 11.3 Å². The molecule has 2 unspecified atom stereocenters. The molecule has 0 saturated heterocycles. The highest BCUT2D eigenvalue weighted by Gasteiger charge is 2.68. The van der Waals surface area contributed by atoms with Crippen LogP contribution in [0.5, 0.6) is 0 Å². The summed E-state index contributed by atoms with van der Waals surface area (Å²) in [5.74, 6) is -1.54. The van der Waals surface area contributed by atoms with Crippen LogP contribution in [0.1, 0.15) is 53.8 Å². The summed E-state index contributed by atoms with van der Waals surface area (Å²) < 4.78 is 36.6. The van der Waals surface area contributed by atoms with Gasteiger partial charge in [-0.3, -0.25) is 9.10 Å². The minimum atomic E-state index is -3.94. The van der Waals surface area contributed by atoms with Crippen LogP contribution in [0.15, 0.2) is 18.2 Å². The fraction of sp³-hybridized carbons (Fsp3) is 0.550. The molecule has 0 aromatic heterocycles. The van der Waals surface area contributed by atoms with Gasteiger partial charge in [-0.15, -0.1) is 0 Å². The van der Waals surface area contributed by atoms with Gasteiger partial charge >= 0.3 is 11.9 Å². The SMILES string of the molecule is COC(=O)c1cc(C(=O)OC)cc(N(C23CCC(CC2=O)C3(C)C)S(C)(=O)=O)c1. The largest absolute Gasteiger partial charge is 0.465 e. The summed E-state index contributed by atoms with van der Waals surface area (Å²) in [7, 11) is -1.57. The first-order valence-electron chi connectivity index (χ1n) is 9.25. The van der Waals surface area contributed by atoms with Crippen molar-refractivity contribution in [2.75, 3.05) is 24.8 Å². The van der Waals surface area contributed by atoms with E-state index >= 15 is 0 Å². The number of carbonyl (C=O) groups excluding carboxylic acids is 3. The van der Waals surface area contributed by atoms with Crippen molar-refractivity contribution in [3.8, 4) is 0 Å². The van der Waals surface area contributed by atoms with Crippen LogP contribution in [-0.2, 0) is 24.3 Å². The van der Waals surface area contributed by atoms with Gasteiger partial charge in [-0.05, 0) is 42.4 Å². The molecule has 0 aliphatic heterocycles. The standard InChI is InChI=1S/C20H25NO7S/c1-19(2)14-6-7-20(19,16(22)11-14)21(29(5,25)26)15-9-12(17(23)27-3)8-13(10-15)18(24)28-4/h8-10,14H,6-7,11H2,1-5H3. The van der Waals surface area contributed by atoms with Crippen molar-refractivity contribution in [1.29, 1.82) is 0 Å². The number of hydrogen-bond donors (Lipinski definition) is 0. The predicted octanol–water partition coefficient (Wildman–Crippen LogP) is 2.17. The maximum Gasteiger partial charge on any atom is 0.337 e. The molecule has 8 nitrogen and oxygen atoms in total. The third-order valence-electron chi connectivity index (χ3n) is 6.51. The molecule has 2 saturated carbocycles. The van der Waals surface area contributed by atoms with E-state index in [2.05, 4.69) is 0 Å². The molecular formula is C20H25NO7S. The maximum atomic E-state index is 13.1. The second-order valence-electron chi connectivity index (χ2n) is 8.22. The highest BCUT2D eigenvalue weighted by Crippen LogP contribution is 2.62. The Kier molecular flexibility index (Phi) is 5.01. The molecular weight excluding hydrogens is 398 g/mol. The van der Waals surface area contributed by atoms with Crippen LogP contribution in [0.4, 0.5) is 5.69 Å². The van der Waals surface area contributed by atoms with Crippen molar-refractivity contribution >= 4 is 33.4 Å². The number of hydrogen-bond acceptors (Lipinski definition) is 7. The molecule has 0 N–H and O–H groups in total. The van der Waals surface area contributed by atoms with Gasteiger partial charge in [-0.25, -0.2) is 18.0 Å². The Morgan fingerprint density at radius 3 is 1.93 bits per heavy atom. The molecule has 2 aliphatic rings. The van der Waals surface area contributed by atoms with E-state index in [4.69, 9.17) is 9.47 Å². The summed E-state index contributed by atoms with van der Waals surface area (Å²) in [4.78, 5) is 37.4. The second-order valence-corrected chi connectivity index (χ2v) is 10.1. The van der Waals surface area contributed by atoms with E-state index in [0.29, 0.717) is 12.8 Å². The van der Waals surface area contributed by atoms with Crippen molar-refractivity contribution < 1.29 is 32.3 Å². The van der Waals surface area contributed by atoms with Crippen LogP contribution in [0.25, 0.3) is 0 Å². The van der Waals surface area contributed by atoms with E-state index in [1.165, 1.54) is 32.4 Å². The quantitative estimate of drug-likeness (QED) is 0.668. The second kappa shape index (κ2) is 6.83. The predicted molar refractivity (Wildman–Crippen MR) is 105 cm³/mol. The third-order valence-corrected chi connectivity index (χ3v) is 7.69. The summed E-state index contributed by atoms with van der Waals surface area (Å²) in [5, 5.41) is 0. The molecule has 2 atom stereocenters. The third kappa shape index (κ3) is 3.02. The Morgan fingerprint density at radius 1 is 1.07 bits per heavy atom. The summed E-state index contributed by atoms with van der Waals surface area (Å²) in [6, 6.07) is 3.95. The fourth-order valence-corrected chi connectivity index (χ4v) is 6.51. The van der Waals surface area contributed by atoms with E-state index in [1.807, 2.05) is 13.8 Å². The van der Waals surface area contributed by atoms with Gasteiger partial charge in [0.25, 0.3) is 0 Å². The highest BCUT2D eigenvalue weighted by molar-refractivity contribution is 7.92. The molecule has 2 fully saturated rings. The number of methoxy groups -OCH3 is 2. The van der Waals surface area contributed by atoms with Crippen molar-refractivity contribution in [2.45, 2.75) is 38.6 Å². The van der Waals surface area contributed by atoms with Gasteiger partial charge in [0, 0.05) is 6.42 Å². The van der Waals surface area contributed by atoms with E-state index in [1.54, 1.807) is 0 Å². The minimum Gasteiger partial charge on any atom is -0.465 e. The number of ketones is 1. The fourth-order valence-electron chi connectivity index (χ4n) is 5.02. The van der Waals surface area contributed by atoms with Crippen LogP contribution in [0.3, 0.4) is 0 Å². The zero-order chi connectivity index (χ0) is 21.8. The Morgan fingerprint density at radius 2 is 1.59 bits per heavy atom. The first-order chi connectivity index (χ1) is 13.4. The molecule has 9 heteroatoms. The Balaban J connectivity index is 2.31.